The Morgan fingerprint density at radius 3 is 2.72 bits per heavy atom. The zero-order chi connectivity index (χ0) is 13.0. The van der Waals surface area contributed by atoms with Gasteiger partial charge >= 0.3 is 0 Å². The summed E-state index contributed by atoms with van der Waals surface area (Å²) in [6.07, 6.45) is 3.74. The molecule has 0 aliphatic carbocycles. The van der Waals surface area contributed by atoms with Crippen LogP contribution < -0.4 is 4.74 Å². The lowest BCUT2D eigenvalue weighted by molar-refractivity contribution is 0.262. The van der Waals surface area contributed by atoms with Crippen LogP contribution in [-0.4, -0.2) is 31.1 Å². The molecule has 2 nitrogen and oxygen atoms in total. The third-order valence-electron chi connectivity index (χ3n) is 3.21. The molecule has 0 N–H and O–H groups in total. The van der Waals surface area contributed by atoms with Gasteiger partial charge in [-0.1, -0.05) is 11.6 Å². The highest BCUT2D eigenvalue weighted by atomic mass is 79.9. The van der Waals surface area contributed by atoms with Crippen LogP contribution in [0.5, 0.6) is 5.75 Å². The van der Waals surface area contributed by atoms with Gasteiger partial charge in [-0.2, -0.15) is 0 Å². The lowest BCUT2D eigenvalue weighted by atomic mass is 10.2. The van der Waals surface area contributed by atoms with E-state index in [1.165, 1.54) is 25.9 Å². The minimum Gasteiger partial charge on any atom is -0.491 e. The number of aryl methyl sites for hydroxylation is 1. The maximum Gasteiger partial charge on any atom is 0.152 e. The van der Waals surface area contributed by atoms with Crippen molar-refractivity contribution in [3.63, 3.8) is 0 Å². The third-order valence-corrected chi connectivity index (χ3v) is 4.08. The van der Waals surface area contributed by atoms with Crippen LogP contribution in [0, 0.1) is 6.92 Å². The highest BCUT2D eigenvalue weighted by Crippen LogP contribution is 2.34. The lowest BCUT2D eigenvalue weighted by Crippen LogP contribution is -2.21. The van der Waals surface area contributed by atoms with E-state index in [2.05, 4.69) is 20.8 Å². The van der Waals surface area contributed by atoms with Gasteiger partial charge in [0.05, 0.1) is 16.1 Å². The molecule has 0 bridgehead atoms. The number of hydrogen-bond acceptors (Lipinski definition) is 2. The van der Waals surface area contributed by atoms with E-state index in [1.54, 1.807) is 0 Å². The molecule has 18 heavy (non-hydrogen) atoms. The molecule has 4 heteroatoms. The van der Waals surface area contributed by atoms with E-state index in [0.29, 0.717) is 5.02 Å². The van der Waals surface area contributed by atoms with Crippen LogP contribution in [0.25, 0.3) is 0 Å². The molecule has 0 spiro atoms. The number of rotatable bonds is 5. The summed E-state index contributed by atoms with van der Waals surface area (Å²) in [5.41, 5.74) is 1.14. The first-order valence-corrected chi connectivity index (χ1v) is 7.65. The molecule has 100 valence electrons. The maximum atomic E-state index is 6.18. The highest BCUT2D eigenvalue weighted by molar-refractivity contribution is 9.10. The SMILES string of the molecule is Cc1cc(Cl)c(OCCCN2CCCC2)c(Br)c1. The van der Waals surface area contributed by atoms with Crippen LogP contribution in [-0.2, 0) is 0 Å². The Hall–Kier alpha value is -0.250. The van der Waals surface area contributed by atoms with E-state index >= 15 is 0 Å². The van der Waals surface area contributed by atoms with E-state index in [1.807, 2.05) is 19.1 Å². The molecule has 1 aliphatic heterocycles. The van der Waals surface area contributed by atoms with Crippen molar-refractivity contribution >= 4 is 27.5 Å². The molecule has 0 aromatic heterocycles. The number of hydrogen-bond donors (Lipinski definition) is 0. The first-order chi connectivity index (χ1) is 8.66. The summed E-state index contributed by atoms with van der Waals surface area (Å²) in [7, 11) is 0. The van der Waals surface area contributed by atoms with Crippen LogP contribution in [0.3, 0.4) is 0 Å². The summed E-state index contributed by atoms with van der Waals surface area (Å²) in [4.78, 5) is 2.50. The second-order valence-corrected chi connectivity index (χ2v) is 6.07. The molecule has 0 saturated carbocycles. The highest BCUT2D eigenvalue weighted by Gasteiger charge is 2.11. The average Bonchev–Trinajstić information content (AvgIpc) is 2.79. The fourth-order valence-electron chi connectivity index (χ4n) is 2.29. The molecular weight excluding hydrogens is 314 g/mol. The Labute approximate surface area is 122 Å². The lowest BCUT2D eigenvalue weighted by Gasteiger charge is -2.15. The molecule has 1 saturated heterocycles. The summed E-state index contributed by atoms with van der Waals surface area (Å²) in [6, 6.07) is 3.96. The molecule has 1 fully saturated rings. The number of nitrogens with zero attached hydrogens (tertiary/aromatic N) is 1. The third kappa shape index (κ3) is 3.87. The van der Waals surface area contributed by atoms with E-state index in [-0.39, 0.29) is 0 Å². The summed E-state index contributed by atoms with van der Waals surface area (Å²) < 4.78 is 6.72. The molecule has 1 aromatic rings. The van der Waals surface area contributed by atoms with Crippen molar-refractivity contribution < 1.29 is 4.74 Å². The topological polar surface area (TPSA) is 12.5 Å². The molecular formula is C14H19BrClNO. The Balaban J connectivity index is 1.79. The van der Waals surface area contributed by atoms with Crippen molar-refractivity contribution in [1.29, 1.82) is 0 Å². The molecule has 2 rings (SSSR count). The number of likely N-dealkylation sites (tertiary alicyclic amines) is 1. The van der Waals surface area contributed by atoms with Crippen molar-refractivity contribution in [2.75, 3.05) is 26.2 Å². The minimum atomic E-state index is 0.683. The predicted molar refractivity (Wildman–Crippen MR) is 79.7 cm³/mol. The van der Waals surface area contributed by atoms with Gasteiger partial charge in [0.1, 0.15) is 0 Å². The fraction of sp³-hybridized carbons (Fsp3) is 0.571. The Kier molecular flexibility index (Phi) is 5.34. The molecule has 0 amide bonds. The van der Waals surface area contributed by atoms with Gasteiger partial charge in [-0.05, 0) is 72.9 Å². The quantitative estimate of drug-likeness (QED) is 0.746. The largest absolute Gasteiger partial charge is 0.491 e. The van der Waals surface area contributed by atoms with Crippen molar-refractivity contribution in [2.45, 2.75) is 26.2 Å². The molecule has 0 radical (unpaired) electrons. The first-order valence-electron chi connectivity index (χ1n) is 6.47. The predicted octanol–water partition coefficient (Wildman–Crippen LogP) is 4.28. The second-order valence-electron chi connectivity index (χ2n) is 4.81. The standard InChI is InChI=1S/C14H19BrClNO/c1-11-9-12(15)14(13(16)10-11)18-8-4-7-17-5-2-3-6-17/h9-10H,2-8H2,1H3. The Bertz CT molecular complexity index is 382. The Morgan fingerprint density at radius 2 is 2.06 bits per heavy atom. The van der Waals surface area contributed by atoms with Crippen LogP contribution >= 0.6 is 27.5 Å². The van der Waals surface area contributed by atoms with Gasteiger partial charge in [-0.15, -0.1) is 0 Å². The number of ether oxygens (including phenoxy) is 1. The van der Waals surface area contributed by atoms with Gasteiger partial charge in [0.25, 0.3) is 0 Å². The first kappa shape index (κ1) is 14.2. The molecule has 1 aliphatic rings. The van der Waals surface area contributed by atoms with Crippen molar-refractivity contribution in [3.8, 4) is 5.75 Å². The van der Waals surface area contributed by atoms with E-state index < -0.39 is 0 Å². The Morgan fingerprint density at radius 1 is 1.33 bits per heavy atom. The zero-order valence-corrected chi connectivity index (χ0v) is 13.1. The molecule has 1 heterocycles. The van der Waals surface area contributed by atoms with Gasteiger partial charge in [-0.25, -0.2) is 0 Å². The molecule has 0 atom stereocenters. The zero-order valence-electron chi connectivity index (χ0n) is 10.7. The number of benzene rings is 1. The summed E-state index contributed by atoms with van der Waals surface area (Å²) in [5, 5.41) is 0.683. The van der Waals surface area contributed by atoms with Gasteiger partial charge in [-0.3, -0.25) is 0 Å². The van der Waals surface area contributed by atoms with Crippen LogP contribution in [0.4, 0.5) is 0 Å². The fourth-order valence-corrected chi connectivity index (χ4v) is 3.42. The van der Waals surface area contributed by atoms with E-state index in [4.69, 9.17) is 16.3 Å². The average molecular weight is 333 g/mol. The van der Waals surface area contributed by atoms with E-state index in [9.17, 15) is 0 Å². The van der Waals surface area contributed by atoms with Gasteiger partial charge in [0, 0.05) is 6.54 Å². The summed E-state index contributed by atoms with van der Waals surface area (Å²) in [5.74, 6) is 0.767. The number of halogens is 2. The van der Waals surface area contributed by atoms with Gasteiger partial charge in [0.15, 0.2) is 5.75 Å². The minimum absolute atomic E-state index is 0.683. The smallest absolute Gasteiger partial charge is 0.152 e. The van der Waals surface area contributed by atoms with Crippen molar-refractivity contribution in [3.05, 3.63) is 27.2 Å². The van der Waals surface area contributed by atoms with E-state index in [0.717, 1.165) is 35.4 Å². The van der Waals surface area contributed by atoms with Crippen LogP contribution in [0.2, 0.25) is 5.02 Å². The summed E-state index contributed by atoms with van der Waals surface area (Å²) in [6.45, 7) is 6.36. The second kappa shape index (κ2) is 6.78. The maximum absolute atomic E-state index is 6.18. The van der Waals surface area contributed by atoms with Crippen molar-refractivity contribution in [2.24, 2.45) is 0 Å². The molecule has 0 unspecified atom stereocenters. The summed E-state index contributed by atoms with van der Waals surface area (Å²) >= 11 is 9.67. The van der Waals surface area contributed by atoms with Crippen LogP contribution in [0.15, 0.2) is 16.6 Å². The van der Waals surface area contributed by atoms with Gasteiger partial charge < -0.3 is 9.64 Å². The van der Waals surface area contributed by atoms with Gasteiger partial charge in [0.2, 0.25) is 0 Å². The normalized spacial score (nSPS) is 16.2. The molecule has 1 aromatic carbocycles. The van der Waals surface area contributed by atoms with Crippen molar-refractivity contribution in [1.82, 2.24) is 4.90 Å². The monoisotopic (exact) mass is 331 g/mol. The van der Waals surface area contributed by atoms with Crippen LogP contribution in [0.1, 0.15) is 24.8 Å².